The summed E-state index contributed by atoms with van der Waals surface area (Å²) in [6.45, 7) is 7.80. The Labute approximate surface area is 124 Å². The summed E-state index contributed by atoms with van der Waals surface area (Å²) >= 11 is 0. The van der Waals surface area contributed by atoms with Crippen LogP contribution in [-0.4, -0.2) is 65.5 Å². The first kappa shape index (κ1) is 15.3. The standard InChI is InChI=1S/C13H22N6O2/c1-3-5-14-12-16-11(10-15-17-12)18-6-8-19(9-7-18)13(20)21-4-2/h10H,3-9H2,1-2H3,(H,14,16,17). The van der Waals surface area contributed by atoms with E-state index in [0.29, 0.717) is 38.7 Å². The van der Waals surface area contributed by atoms with Crippen LogP contribution in [0.15, 0.2) is 6.20 Å². The highest BCUT2D eigenvalue weighted by Crippen LogP contribution is 2.14. The number of anilines is 2. The number of nitrogens with zero attached hydrogens (tertiary/aromatic N) is 5. The minimum Gasteiger partial charge on any atom is -0.450 e. The molecule has 1 aromatic rings. The van der Waals surface area contributed by atoms with Crippen molar-refractivity contribution >= 4 is 17.9 Å². The number of hydrogen-bond donors (Lipinski definition) is 1. The van der Waals surface area contributed by atoms with Crippen molar-refractivity contribution in [2.75, 3.05) is 49.5 Å². The zero-order valence-electron chi connectivity index (χ0n) is 12.6. The van der Waals surface area contributed by atoms with Gasteiger partial charge in [0.25, 0.3) is 0 Å². The Morgan fingerprint density at radius 2 is 2.10 bits per heavy atom. The first-order valence-corrected chi connectivity index (χ1v) is 7.34. The molecule has 0 aromatic carbocycles. The number of amides is 1. The van der Waals surface area contributed by atoms with E-state index < -0.39 is 0 Å². The summed E-state index contributed by atoms with van der Waals surface area (Å²) in [7, 11) is 0. The molecule has 0 unspecified atom stereocenters. The molecule has 1 aliphatic rings. The van der Waals surface area contributed by atoms with Gasteiger partial charge in [-0.25, -0.2) is 4.79 Å². The van der Waals surface area contributed by atoms with E-state index in [1.165, 1.54) is 0 Å². The van der Waals surface area contributed by atoms with Crippen molar-refractivity contribution in [2.24, 2.45) is 0 Å². The number of piperazine rings is 1. The molecule has 21 heavy (non-hydrogen) atoms. The average Bonchev–Trinajstić information content (AvgIpc) is 2.53. The lowest BCUT2D eigenvalue weighted by atomic mass is 10.3. The third-order valence-electron chi connectivity index (χ3n) is 3.21. The maximum Gasteiger partial charge on any atom is 0.409 e. The fourth-order valence-corrected chi connectivity index (χ4v) is 2.09. The predicted octanol–water partition coefficient (Wildman–Crippen LogP) is 0.972. The molecule has 0 saturated carbocycles. The van der Waals surface area contributed by atoms with Crippen LogP contribution in [0, 0.1) is 0 Å². The Hall–Kier alpha value is -2.12. The normalized spacial score (nSPS) is 15.0. The summed E-state index contributed by atoms with van der Waals surface area (Å²) in [6.07, 6.45) is 2.41. The monoisotopic (exact) mass is 294 g/mol. The molecule has 1 aromatic heterocycles. The Bertz CT molecular complexity index is 462. The number of aromatic nitrogens is 3. The van der Waals surface area contributed by atoms with E-state index in [2.05, 4.69) is 32.3 Å². The maximum atomic E-state index is 11.7. The molecular weight excluding hydrogens is 272 g/mol. The van der Waals surface area contributed by atoms with Gasteiger partial charge in [0.1, 0.15) is 0 Å². The smallest absolute Gasteiger partial charge is 0.409 e. The van der Waals surface area contributed by atoms with Gasteiger partial charge in [0.2, 0.25) is 5.95 Å². The predicted molar refractivity (Wildman–Crippen MR) is 79.4 cm³/mol. The zero-order valence-corrected chi connectivity index (χ0v) is 12.6. The summed E-state index contributed by atoms with van der Waals surface area (Å²) in [6, 6.07) is 0. The summed E-state index contributed by atoms with van der Waals surface area (Å²) < 4.78 is 5.01. The molecule has 1 saturated heterocycles. The average molecular weight is 294 g/mol. The number of ether oxygens (including phenoxy) is 1. The lowest BCUT2D eigenvalue weighted by Crippen LogP contribution is -2.49. The molecule has 0 spiro atoms. The fourth-order valence-electron chi connectivity index (χ4n) is 2.09. The molecule has 8 heteroatoms. The molecule has 1 N–H and O–H groups in total. The largest absolute Gasteiger partial charge is 0.450 e. The highest BCUT2D eigenvalue weighted by Gasteiger charge is 2.23. The SMILES string of the molecule is CCCNc1nncc(N2CCN(C(=O)OCC)CC2)n1. The molecule has 1 aliphatic heterocycles. The van der Waals surface area contributed by atoms with Crippen LogP contribution in [0.25, 0.3) is 0 Å². The number of carbonyl (C=O) groups is 1. The van der Waals surface area contributed by atoms with Crippen molar-refractivity contribution in [1.29, 1.82) is 0 Å². The van der Waals surface area contributed by atoms with E-state index in [9.17, 15) is 4.79 Å². The summed E-state index contributed by atoms with van der Waals surface area (Å²) in [5.41, 5.74) is 0. The van der Waals surface area contributed by atoms with E-state index in [0.717, 1.165) is 18.8 Å². The molecule has 2 heterocycles. The van der Waals surface area contributed by atoms with Gasteiger partial charge in [-0.15, -0.1) is 5.10 Å². The van der Waals surface area contributed by atoms with Crippen LogP contribution in [0.1, 0.15) is 20.3 Å². The van der Waals surface area contributed by atoms with E-state index >= 15 is 0 Å². The molecule has 1 amide bonds. The summed E-state index contributed by atoms with van der Waals surface area (Å²) in [5.74, 6) is 1.33. The second-order valence-corrected chi connectivity index (χ2v) is 4.74. The van der Waals surface area contributed by atoms with Gasteiger partial charge in [-0.05, 0) is 13.3 Å². The second-order valence-electron chi connectivity index (χ2n) is 4.74. The third-order valence-corrected chi connectivity index (χ3v) is 3.21. The quantitative estimate of drug-likeness (QED) is 0.866. The highest BCUT2D eigenvalue weighted by atomic mass is 16.6. The van der Waals surface area contributed by atoms with Crippen molar-refractivity contribution in [2.45, 2.75) is 20.3 Å². The molecule has 8 nitrogen and oxygen atoms in total. The number of nitrogens with one attached hydrogen (secondary N) is 1. The van der Waals surface area contributed by atoms with Gasteiger partial charge >= 0.3 is 6.09 Å². The first-order chi connectivity index (χ1) is 10.2. The van der Waals surface area contributed by atoms with Crippen molar-refractivity contribution < 1.29 is 9.53 Å². The van der Waals surface area contributed by atoms with E-state index in [-0.39, 0.29) is 6.09 Å². The Morgan fingerprint density at radius 1 is 1.33 bits per heavy atom. The van der Waals surface area contributed by atoms with Gasteiger partial charge in [-0.1, -0.05) is 6.92 Å². The minimum atomic E-state index is -0.247. The lowest BCUT2D eigenvalue weighted by Gasteiger charge is -2.34. The Morgan fingerprint density at radius 3 is 2.76 bits per heavy atom. The van der Waals surface area contributed by atoms with Crippen molar-refractivity contribution in [3.05, 3.63) is 6.20 Å². The Balaban J connectivity index is 1.91. The van der Waals surface area contributed by atoms with Crippen LogP contribution in [0.5, 0.6) is 0 Å². The van der Waals surface area contributed by atoms with Gasteiger partial charge in [0, 0.05) is 32.7 Å². The molecule has 0 aliphatic carbocycles. The van der Waals surface area contributed by atoms with Crippen LogP contribution in [0.2, 0.25) is 0 Å². The van der Waals surface area contributed by atoms with E-state index in [4.69, 9.17) is 4.74 Å². The van der Waals surface area contributed by atoms with Crippen LogP contribution < -0.4 is 10.2 Å². The molecular formula is C13H22N6O2. The van der Waals surface area contributed by atoms with Crippen LogP contribution in [0.3, 0.4) is 0 Å². The zero-order chi connectivity index (χ0) is 15.1. The Kier molecular flexibility index (Phi) is 5.53. The third kappa shape index (κ3) is 4.17. The molecule has 0 radical (unpaired) electrons. The van der Waals surface area contributed by atoms with Crippen molar-refractivity contribution in [1.82, 2.24) is 20.1 Å². The number of rotatable bonds is 5. The van der Waals surface area contributed by atoms with E-state index in [1.807, 2.05) is 6.92 Å². The summed E-state index contributed by atoms with van der Waals surface area (Å²) in [4.78, 5) is 19.9. The minimum absolute atomic E-state index is 0.247. The van der Waals surface area contributed by atoms with Gasteiger partial charge in [-0.3, -0.25) is 0 Å². The first-order valence-electron chi connectivity index (χ1n) is 7.34. The molecule has 0 atom stereocenters. The van der Waals surface area contributed by atoms with Crippen molar-refractivity contribution in [3.63, 3.8) is 0 Å². The molecule has 2 rings (SSSR count). The second kappa shape index (κ2) is 7.61. The van der Waals surface area contributed by atoms with Crippen LogP contribution in [-0.2, 0) is 4.74 Å². The van der Waals surface area contributed by atoms with Gasteiger partial charge in [0.15, 0.2) is 5.82 Å². The molecule has 116 valence electrons. The maximum absolute atomic E-state index is 11.7. The lowest BCUT2D eigenvalue weighted by molar-refractivity contribution is 0.105. The molecule has 1 fully saturated rings. The fraction of sp³-hybridized carbons (Fsp3) is 0.692. The van der Waals surface area contributed by atoms with Gasteiger partial charge < -0.3 is 19.9 Å². The summed E-state index contributed by atoms with van der Waals surface area (Å²) in [5, 5.41) is 11.1. The van der Waals surface area contributed by atoms with Crippen LogP contribution in [0.4, 0.5) is 16.6 Å². The van der Waals surface area contributed by atoms with E-state index in [1.54, 1.807) is 11.1 Å². The number of hydrogen-bond acceptors (Lipinski definition) is 7. The van der Waals surface area contributed by atoms with Crippen LogP contribution >= 0.6 is 0 Å². The van der Waals surface area contributed by atoms with Crippen molar-refractivity contribution in [3.8, 4) is 0 Å². The number of carbonyl (C=O) groups excluding carboxylic acids is 1. The van der Waals surface area contributed by atoms with Gasteiger partial charge in [0.05, 0.1) is 12.8 Å². The molecule has 0 bridgehead atoms. The highest BCUT2D eigenvalue weighted by molar-refractivity contribution is 5.68. The topological polar surface area (TPSA) is 83.5 Å². The van der Waals surface area contributed by atoms with Gasteiger partial charge in [-0.2, -0.15) is 10.1 Å².